The Morgan fingerprint density at radius 2 is 1.84 bits per heavy atom. The van der Waals surface area contributed by atoms with Gasteiger partial charge in [-0.05, 0) is 29.7 Å². The lowest BCUT2D eigenvalue weighted by molar-refractivity contribution is 0.0170. The molecule has 7 nitrogen and oxygen atoms in total. The molecule has 1 aliphatic heterocycles. The van der Waals surface area contributed by atoms with Crippen molar-refractivity contribution in [2.45, 2.75) is 12.5 Å². The molecule has 32 heavy (non-hydrogen) atoms. The van der Waals surface area contributed by atoms with E-state index in [4.69, 9.17) is 4.74 Å². The Morgan fingerprint density at radius 3 is 2.53 bits per heavy atom. The van der Waals surface area contributed by atoms with Gasteiger partial charge in [0.2, 0.25) is 0 Å². The smallest absolute Gasteiger partial charge is 0.251 e. The molecule has 0 saturated carbocycles. The van der Waals surface area contributed by atoms with Gasteiger partial charge >= 0.3 is 0 Å². The molecule has 3 rings (SSSR count). The molecule has 0 radical (unpaired) electrons. The molecular formula is C24H34IN5O2. The molecule has 1 atom stereocenters. The highest BCUT2D eigenvalue weighted by Crippen LogP contribution is 2.21. The Hall–Kier alpha value is -2.17. The van der Waals surface area contributed by atoms with Crippen molar-refractivity contribution >= 4 is 35.8 Å². The molecule has 1 unspecified atom stereocenters. The Kier molecular flexibility index (Phi) is 11.5. The summed E-state index contributed by atoms with van der Waals surface area (Å²) in [6.07, 6.45) is 0.803. The predicted molar refractivity (Wildman–Crippen MR) is 140 cm³/mol. The van der Waals surface area contributed by atoms with Gasteiger partial charge in [-0.2, -0.15) is 0 Å². The number of guanidine groups is 1. The minimum absolute atomic E-state index is 0. The normalized spacial score (nSPS) is 15.4. The van der Waals surface area contributed by atoms with Crippen molar-refractivity contribution in [1.82, 2.24) is 20.9 Å². The van der Waals surface area contributed by atoms with Crippen molar-refractivity contribution in [1.29, 1.82) is 0 Å². The fourth-order valence-corrected chi connectivity index (χ4v) is 3.77. The predicted octanol–water partition coefficient (Wildman–Crippen LogP) is 2.45. The van der Waals surface area contributed by atoms with Crippen LogP contribution in [-0.4, -0.2) is 70.3 Å². The number of morpholine rings is 1. The molecule has 174 valence electrons. The molecule has 1 amide bonds. The van der Waals surface area contributed by atoms with Crippen molar-refractivity contribution in [3.63, 3.8) is 0 Å². The van der Waals surface area contributed by atoms with E-state index in [1.165, 1.54) is 5.56 Å². The number of amides is 1. The standard InChI is InChI=1S/C24H33N5O2.HI/c1-25-23(30)21-10-6-7-19(17-21)11-12-27-24(26-2)28-18-22(20-8-4-3-5-9-20)29-13-15-31-16-14-29;/h3-10,17,22H,11-16,18H2,1-2H3,(H,25,30)(H2,26,27,28);1H. The molecule has 1 fully saturated rings. The minimum Gasteiger partial charge on any atom is -0.379 e. The van der Waals surface area contributed by atoms with Crippen LogP contribution < -0.4 is 16.0 Å². The number of carbonyl (C=O) groups excluding carboxylic acids is 1. The van der Waals surface area contributed by atoms with Crippen molar-refractivity contribution in [2.24, 2.45) is 4.99 Å². The van der Waals surface area contributed by atoms with Gasteiger partial charge in [0.1, 0.15) is 0 Å². The zero-order valence-electron chi connectivity index (χ0n) is 18.8. The van der Waals surface area contributed by atoms with Crippen LogP contribution in [0.25, 0.3) is 0 Å². The minimum atomic E-state index is -0.0673. The Bertz CT molecular complexity index is 856. The van der Waals surface area contributed by atoms with Gasteiger partial charge in [0.05, 0.1) is 19.3 Å². The Balaban J connectivity index is 0.00000363. The molecule has 0 aliphatic carbocycles. The van der Waals surface area contributed by atoms with Crippen LogP contribution in [0.15, 0.2) is 59.6 Å². The number of hydrogen-bond donors (Lipinski definition) is 3. The number of nitrogens with one attached hydrogen (secondary N) is 3. The largest absolute Gasteiger partial charge is 0.379 e. The van der Waals surface area contributed by atoms with Gasteiger partial charge in [-0.25, -0.2) is 0 Å². The van der Waals surface area contributed by atoms with Crippen LogP contribution in [0.2, 0.25) is 0 Å². The first-order chi connectivity index (χ1) is 15.2. The summed E-state index contributed by atoms with van der Waals surface area (Å²) in [6.45, 7) is 4.88. The number of nitrogens with zero attached hydrogens (tertiary/aromatic N) is 2. The number of rotatable bonds is 8. The molecule has 2 aromatic carbocycles. The van der Waals surface area contributed by atoms with Gasteiger partial charge in [0, 0.05) is 45.8 Å². The summed E-state index contributed by atoms with van der Waals surface area (Å²) < 4.78 is 5.53. The summed E-state index contributed by atoms with van der Waals surface area (Å²) in [5.74, 6) is 0.707. The number of benzene rings is 2. The highest BCUT2D eigenvalue weighted by molar-refractivity contribution is 14.0. The van der Waals surface area contributed by atoms with E-state index < -0.39 is 0 Å². The summed E-state index contributed by atoms with van der Waals surface area (Å²) in [5.41, 5.74) is 3.08. The number of ether oxygens (including phenoxy) is 1. The first-order valence-corrected chi connectivity index (χ1v) is 10.8. The van der Waals surface area contributed by atoms with Crippen molar-refractivity contribution < 1.29 is 9.53 Å². The van der Waals surface area contributed by atoms with Crippen LogP contribution in [-0.2, 0) is 11.2 Å². The van der Waals surface area contributed by atoms with E-state index in [9.17, 15) is 4.79 Å². The zero-order chi connectivity index (χ0) is 21.9. The van der Waals surface area contributed by atoms with Crippen LogP contribution in [0.4, 0.5) is 0 Å². The fraction of sp³-hybridized carbons (Fsp3) is 0.417. The first kappa shape index (κ1) is 26.1. The first-order valence-electron chi connectivity index (χ1n) is 10.8. The molecule has 1 aliphatic rings. The zero-order valence-corrected chi connectivity index (χ0v) is 21.2. The summed E-state index contributed by atoms with van der Waals surface area (Å²) in [6, 6.07) is 18.5. The third kappa shape index (κ3) is 7.75. The maximum atomic E-state index is 11.8. The van der Waals surface area contributed by atoms with Crippen LogP contribution in [0, 0.1) is 0 Å². The number of carbonyl (C=O) groups is 1. The molecule has 1 heterocycles. The molecule has 0 aromatic heterocycles. The molecule has 0 bridgehead atoms. The van der Waals surface area contributed by atoms with Crippen LogP contribution in [0.3, 0.4) is 0 Å². The average Bonchev–Trinajstić information content (AvgIpc) is 2.84. The maximum Gasteiger partial charge on any atom is 0.251 e. The number of hydrogen-bond acceptors (Lipinski definition) is 4. The number of halogens is 1. The van der Waals surface area contributed by atoms with E-state index in [0.29, 0.717) is 5.56 Å². The van der Waals surface area contributed by atoms with Crippen molar-refractivity contribution in [2.75, 3.05) is 53.5 Å². The maximum absolute atomic E-state index is 11.8. The molecule has 2 aromatic rings. The van der Waals surface area contributed by atoms with Gasteiger partial charge in [0.15, 0.2) is 5.96 Å². The Labute approximate surface area is 208 Å². The molecule has 3 N–H and O–H groups in total. The average molecular weight is 551 g/mol. The number of aliphatic imine (C=N–C) groups is 1. The second-order valence-corrected chi connectivity index (χ2v) is 7.48. The van der Waals surface area contributed by atoms with E-state index in [1.807, 2.05) is 30.3 Å². The lowest BCUT2D eigenvalue weighted by Gasteiger charge is -2.35. The topological polar surface area (TPSA) is 78.0 Å². The van der Waals surface area contributed by atoms with E-state index in [1.54, 1.807) is 14.1 Å². The molecule has 0 spiro atoms. The van der Waals surface area contributed by atoms with Crippen molar-refractivity contribution in [3.05, 3.63) is 71.3 Å². The third-order valence-corrected chi connectivity index (χ3v) is 5.48. The second kappa shape index (κ2) is 14.1. The van der Waals surface area contributed by atoms with Crippen molar-refractivity contribution in [3.8, 4) is 0 Å². The van der Waals surface area contributed by atoms with Crippen LogP contribution in [0.5, 0.6) is 0 Å². The molecular weight excluding hydrogens is 517 g/mol. The highest BCUT2D eigenvalue weighted by atomic mass is 127. The van der Waals surface area contributed by atoms with Gasteiger partial charge < -0.3 is 20.7 Å². The molecule has 1 saturated heterocycles. The third-order valence-electron chi connectivity index (χ3n) is 5.48. The van der Waals surface area contributed by atoms with E-state index in [0.717, 1.165) is 57.3 Å². The van der Waals surface area contributed by atoms with Gasteiger partial charge in [-0.1, -0.05) is 42.5 Å². The molecule has 8 heteroatoms. The second-order valence-electron chi connectivity index (χ2n) is 7.48. The summed E-state index contributed by atoms with van der Waals surface area (Å²) in [5, 5.41) is 9.53. The van der Waals surface area contributed by atoms with E-state index >= 15 is 0 Å². The van der Waals surface area contributed by atoms with Crippen LogP contribution >= 0.6 is 24.0 Å². The van der Waals surface area contributed by atoms with E-state index in [2.05, 4.69) is 50.1 Å². The van der Waals surface area contributed by atoms with Gasteiger partial charge in [-0.15, -0.1) is 24.0 Å². The monoisotopic (exact) mass is 551 g/mol. The van der Waals surface area contributed by atoms with E-state index in [-0.39, 0.29) is 35.9 Å². The van der Waals surface area contributed by atoms with Crippen LogP contribution in [0.1, 0.15) is 27.5 Å². The fourth-order valence-electron chi connectivity index (χ4n) is 3.77. The lowest BCUT2D eigenvalue weighted by atomic mass is 10.0. The summed E-state index contributed by atoms with van der Waals surface area (Å²) >= 11 is 0. The van der Waals surface area contributed by atoms with Gasteiger partial charge in [-0.3, -0.25) is 14.7 Å². The lowest BCUT2D eigenvalue weighted by Crippen LogP contribution is -2.46. The van der Waals surface area contributed by atoms with Gasteiger partial charge in [0.25, 0.3) is 5.91 Å². The SMILES string of the molecule is CN=C(NCCc1cccc(C(=O)NC)c1)NCC(c1ccccc1)N1CCOCC1.I. The quantitative estimate of drug-likeness (QED) is 0.267. The summed E-state index contributed by atoms with van der Waals surface area (Å²) in [7, 11) is 3.43. The highest BCUT2D eigenvalue weighted by Gasteiger charge is 2.22. The summed E-state index contributed by atoms with van der Waals surface area (Å²) in [4.78, 5) is 18.7. The Morgan fingerprint density at radius 1 is 1.09 bits per heavy atom.